The van der Waals surface area contributed by atoms with E-state index in [1.54, 1.807) is 0 Å². The van der Waals surface area contributed by atoms with Crippen LogP contribution in [0, 0.1) is 16.7 Å². The third-order valence-corrected chi connectivity index (χ3v) is 7.78. The summed E-state index contributed by atoms with van der Waals surface area (Å²) in [7, 11) is 0. The van der Waals surface area contributed by atoms with Gasteiger partial charge in [0.25, 0.3) is 0 Å². The predicted octanol–water partition coefficient (Wildman–Crippen LogP) is 3.40. The molecule has 1 aromatic rings. The van der Waals surface area contributed by atoms with Gasteiger partial charge in [0.15, 0.2) is 0 Å². The molecule has 0 radical (unpaired) electrons. The van der Waals surface area contributed by atoms with Crippen LogP contribution in [0.3, 0.4) is 0 Å². The summed E-state index contributed by atoms with van der Waals surface area (Å²) >= 11 is 0. The minimum Gasteiger partial charge on any atom is -0.389 e. The second kappa shape index (κ2) is 8.06. The molecular formula is C24H38N2O2. The molecule has 4 nitrogen and oxygen atoms in total. The Balaban J connectivity index is 1.20. The van der Waals surface area contributed by atoms with E-state index in [4.69, 9.17) is 4.74 Å². The molecule has 156 valence electrons. The van der Waals surface area contributed by atoms with Crippen molar-refractivity contribution in [2.45, 2.75) is 58.8 Å². The Morgan fingerprint density at radius 3 is 2.39 bits per heavy atom. The molecule has 1 heterocycles. The first kappa shape index (κ1) is 20.3. The Labute approximate surface area is 170 Å². The first-order valence-corrected chi connectivity index (χ1v) is 11.2. The number of aliphatic hydroxyl groups excluding tert-OH is 1. The Bertz CT molecular complexity index is 637. The van der Waals surface area contributed by atoms with Gasteiger partial charge in [-0.05, 0) is 41.6 Å². The summed E-state index contributed by atoms with van der Waals surface area (Å²) in [5, 5.41) is 10.6. The topological polar surface area (TPSA) is 35.9 Å². The highest BCUT2D eigenvalue weighted by atomic mass is 16.5. The fourth-order valence-corrected chi connectivity index (χ4v) is 6.20. The molecule has 0 aromatic heterocycles. The number of piperazine rings is 1. The number of hydrogen-bond donors (Lipinski definition) is 1. The molecule has 4 rings (SSSR count). The van der Waals surface area contributed by atoms with Gasteiger partial charge in [-0.25, -0.2) is 0 Å². The third kappa shape index (κ3) is 4.16. The van der Waals surface area contributed by atoms with Crippen LogP contribution in [0.4, 0.5) is 0 Å². The number of β-amino-alcohol motifs (C(OH)–C–C–N with tert-alkyl or cyclic N) is 1. The van der Waals surface area contributed by atoms with Crippen molar-refractivity contribution >= 4 is 0 Å². The van der Waals surface area contributed by atoms with Crippen LogP contribution in [0.25, 0.3) is 0 Å². The average molecular weight is 387 g/mol. The van der Waals surface area contributed by atoms with Gasteiger partial charge in [0.2, 0.25) is 0 Å². The van der Waals surface area contributed by atoms with E-state index in [1.807, 2.05) is 0 Å². The van der Waals surface area contributed by atoms with Crippen LogP contribution in [0.1, 0.15) is 45.6 Å². The van der Waals surface area contributed by atoms with Gasteiger partial charge < -0.3 is 9.84 Å². The van der Waals surface area contributed by atoms with Crippen LogP contribution < -0.4 is 0 Å². The fraction of sp³-hybridized carbons (Fsp3) is 0.750. The molecule has 0 spiro atoms. The van der Waals surface area contributed by atoms with Crippen LogP contribution in [0.5, 0.6) is 0 Å². The lowest BCUT2D eigenvalue weighted by Gasteiger charge is -2.43. The monoisotopic (exact) mass is 386 g/mol. The lowest BCUT2D eigenvalue weighted by atomic mass is 9.70. The molecule has 4 atom stereocenters. The zero-order valence-electron chi connectivity index (χ0n) is 17.9. The number of fused-ring (bicyclic) bond motifs is 2. The van der Waals surface area contributed by atoms with Crippen molar-refractivity contribution < 1.29 is 9.84 Å². The van der Waals surface area contributed by atoms with Crippen LogP contribution >= 0.6 is 0 Å². The largest absolute Gasteiger partial charge is 0.389 e. The maximum Gasteiger partial charge on any atom is 0.0900 e. The van der Waals surface area contributed by atoms with E-state index in [-0.39, 0.29) is 17.6 Å². The normalized spacial score (nSPS) is 34.0. The highest BCUT2D eigenvalue weighted by Crippen LogP contribution is 2.63. The summed E-state index contributed by atoms with van der Waals surface area (Å²) in [6, 6.07) is 10.7. The van der Waals surface area contributed by atoms with Gasteiger partial charge in [-0.15, -0.1) is 0 Å². The second-order valence-corrected chi connectivity index (χ2v) is 10.3. The average Bonchev–Trinajstić information content (AvgIpc) is 3.15. The maximum atomic E-state index is 10.6. The minimum atomic E-state index is -0.390. The van der Waals surface area contributed by atoms with Gasteiger partial charge in [0, 0.05) is 39.3 Å². The smallest absolute Gasteiger partial charge is 0.0900 e. The summed E-state index contributed by atoms with van der Waals surface area (Å²) in [4.78, 5) is 4.90. The van der Waals surface area contributed by atoms with Crippen LogP contribution in [0.15, 0.2) is 30.3 Å². The van der Waals surface area contributed by atoms with E-state index in [2.05, 4.69) is 60.9 Å². The van der Waals surface area contributed by atoms with Crippen molar-refractivity contribution in [1.82, 2.24) is 9.80 Å². The molecule has 2 aliphatic carbocycles. The molecule has 28 heavy (non-hydrogen) atoms. The summed E-state index contributed by atoms with van der Waals surface area (Å²) in [6.07, 6.45) is 3.82. The van der Waals surface area contributed by atoms with Crippen LogP contribution in [0.2, 0.25) is 0 Å². The fourth-order valence-electron chi connectivity index (χ4n) is 6.20. The predicted molar refractivity (Wildman–Crippen MR) is 113 cm³/mol. The van der Waals surface area contributed by atoms with Crippen LogP contribution in [-0.4, -0.2) is 66.4 Å². The van der Waals surface area contributed by atoms with Gasteiger partial charge in [-0.3, -0.25) is 9.80 Å². The van der Waals surface area contributed by atoms with Gasteiger partial charge >= 0.3 is 0 Å². The summed E-state index contributed by atoms with van der Waals surface area (Å²) in [6.45, 7) is 13.5. The quantitative estimate of drug-likeness (QED) is 0.779. The van der Waals surface area contributed by atoms with Crippen LogP contribution in [-0.2, 0) is 11.3 Å². The number of nitrogens with zero attached hydrogens (tertiary/aromatic N) is 2. The molecule has 1 saturated heterocycles. The van der Waals surface area contributed by atoms with Crippen molar-refractivity contribution in [3.8, 4) is 0 Å². The summed E-state index contributed by atoms with van der Waals surface area (Å²) in [5.74, 6) is 0.789. The van der Waals surface area contributed by atoms with Crippen molar-refractivity contribution in [3.63, 3.8) is 0 Å². The Morgan fingerprint density at radius 2 is 1.75 bits per heavy atom. The number of hydrogen-bond acceptors (Lipinski definition) is 4. The number of rotatable bonds is 7. The Kier molecular flexibility index (Phi) is 5.85. The van der Waals surface area contributed by atoms with E-state index in [1.165, 1.54) is 24.8 Å². The zero-order valence-corrected chi connectivity index (χ0v) is 17.9. The molecule has 1 N–H and O–H groups in total. The highest BCUT2D eigenvalue weighted by Gasteiger charge is 2.60. The van der Waals surface area contributed by atoms with Crippen molar-refractivity contribution in [2.24, 2.45) is 16.7 Å². The molecule has 3 fully saturated rings. The molecule has 0 unspecified atom stereocenters. The molecule has 4 heteroatoms. The van der Waals surface area contributed by atoms with Gasteiger partial charge in [0.05, 0.1) is 18.8 Å². The third-order valence-electron chi connectivity index (χ3n) is 7.78. The van der Waals surface area contributed by atoms with E-state index >= 15 is 0 Å². The first-order valence-electron chi connectivity index (χ1n) is 11.2. The molecule has 3 aliphatic rings. The van der Waals surface area contributed by atoms with E-state index in [9.17, 15) is 5.11 Å². The standard InChI is InChI=1S/C24H38N2O2/c1-23(2)20-9-10-24(3,15-20)22(23)28-18-21(27)17-26-13-11-25(12-14-26)16-19-7-5-4-6-8-19/h4-8,20-22,27H,9-18H2,1-3H3/t20-,21+,22+,24-/m0/s1. The van der Waals surface area contributed by atoms with E-state index in [0.717, 1.165) is 45.2 Å². The van der Waals surface area contributed by atoms with Crippen molar-refractivity contribution in [1.29, 1.82) is 0 Å². The van der Waals surface area contributed by atoms with Gasteiger partial charge in [-0.1, -0.05) is 51.1 Å². The molecule has 1 aromatic carbocycles. The summed E-state index contributed by atoms with van der Waals surface area (Å²) < 4.78 is 6.37. The Hall–Kier alpha value is -0.940. The van der Waals surface area contributed by atoms with E-state index in [0.29, 0.717) is 12.0 Å². The van der Waals surface area contributed by atoms with Crippen molar-refractivity contribution in [2.75, 3.05) is 39.3 Å². The highest BCUT2D eigenvalue weighted by molar-refractivity contribution is 5.14. The second-order valence-electron chi connectivity index (χ2n) is 10.3. The SMILES string of the molecule is CC1(C)[C@H]2CC[C@@](C)(C2)[C@@H]1OC[C@H](O)CN1CCN(Cc2ccccc2)CC1. The van der Waals surface area contributed by atoms with Gasteiger partial charge in [0.1, 0.15) is 0 Å². The Morgan fingerprint density at radius 1 is 1.07 bits per heavy atom. The molecular weight excluding hydrogens is 348 g/mol. The lowest BCUT2D eigenvalue weighted by Crippen LogP contribution is -2.49. The zero-order chi connectivity index (χ0) is 19.8. The minimum absolute atomic E-state index is 0.246. The number of benzene rings is 1. The molecule has 0 amide bonds. The lowest BCUT2D eigenvalue weighted by molar-refractivity contribution is -0.114. The number of ether oxygens (including phenoxy) is 1. The van der Waals surface area contributed by atoms with Crippen molar-refractivity contribution in [3.05, 3.63) is 35.9 Å². The van der Waals surface area contributed by atoms with Gasteiger partial charge in [-0.2, -0.15) is 0 Å². The summed E-state index contributed by atoms with van der Waals surface area (Å²) in [5.41, 5.74) is 1.94. The first-order chi connectivity index (χ1) is 13.4. The molecule has 2 saturated carbocycles. The molecule has 2 bridgehead atoms. The van der Waals surface area contributed by atoms with E-state index < -0.39 is 0 Å². The maximum absolute atomic E-state index is 10.6. The molecule has 1 aliphatic heterocycles. The number of aliphatic hydroxyl groups is 1.